The van der Waals surface area contributed by atoms with Crippen LogP contribution in [0.1, 0.15) is 10.4 Å². The van der Waals surface area contributed by atoms with Gasteiger partial charge >= 0.3 is 0 Å². The highest BCUT2D eigenvalue weighted by Gasteiger charge is 2.11. The average Bonchev–Trinajstić information content (AvgIpc) is 2.82. The minimum absolute atomic E-state index is 0.121. The predicted octanol–water partition coefficient (Wildman–Crippen LogP) is 4.34. The second kappa shape index (κ2) is 8.21. The van der Waals surface area contributed by atoms with Gasteiger partial charge in [0.2, 0.25) is 0 Å². The van der Waals surface area contributed by atoms with Crippen LogP contribution in [-0.2, 0) is 0 Å². The number of carbonyl (C=O) groups excluding carboxylic acids is 1. The van der Waals surface area contributed by atoms with Crippen LogP contribution < -0.4 is 14.8 Å². The number of carbonyl (C=O) groups is 1. The van der Waals surface area contributed by atoms with Crippen molar-refractivity contribution in [3.05, 3.63) is 72.6 Å². The number of benzene rings is 3. The van der Waals surface area contributed by atoms with Gasteiger partial charge in [0.15, 0.2) is 11.5 Å². The van der Waals surface area contributed by atoms with E-state index in [9.17, 15) is 4.79 Å². The van der Waals surface area contributed by atoms with E-state index in [0.29, 0.717) is 17.1 Å². The molecule has 0 fully saturated rings. The summed E-state index contributed by atoms with van der Waals surface area (Å²) in [6, 6.07) is 19.3. The summed E-state index contributed by atoms with van der Waals surface area (Å²) >= 11 is 0. The zero-order valence-corrected chi connectivity index (χ0v) is 17.0. The summed E-state index contributed by atoms with van der Waals surface area (Å²) in [5.74, 6) is 1.23. The van der Waals surface area contributed by atoms with Crippen LogP contribution in [0.3, 0.4) is 0 Å². The standard InChI is InChI=1S/C24H21N3O3/c1-25-24(28)16-6-4-15(5-7-16)23-19-12-17(8-10-20(19)26-14-27-23)18-9-11-21(29-2)22(13-18)30-3/h4-14H,1-3H3,(H,25,28). The lowest BCUT2D eigenvalue weighted by molar-refractivity contribution is 0.0963. The maximum absolute atomic E-state index is 11.8. The summed E-state index contributed by atoms with van der Waals surface area (Å²) in [7, 11) is 4.85. The number of methoxy groups -OCH3 is 2. The van der Waals surface area contributed by atoms with Crippen LogP contribution >= 0.6 is 0 Å². The Labute approximate surface area is 174 Å². The highest BCUT2D eigenvalue weighted by molar-refractivity contribution is 5.97. The van der Waals surface area contributed by atoms with Gasteiger partial charge in [0.1, 0.15) is 6.33 Å². The van der Waals surface area contributed by atoms with E-state index in [2.05, 4.69) is 21.4 Å². The van der Waals surface area contributed by atoms with E-state index >= 15 is 0 Å². The maximum atomic E-state index is 11.8. The summed E-state index contributed by atoms with van der Waals surface area (Å²) in [6.45, 7) is 0. The number of amides is 1. The van der Waals surface area contributed by atoms with Crippen molar-refractivity contribution in [1.82, 2.24) is 15.3 Å². The average molecular weight is 399 g/mol. The molecule has 1 amide bonds. The van der Waals surface area contributed by atoms with Crippen LogP contribution in [-0.4, -0.2) is 37.1 Å². The van der Waals surface area contributed by atoms with Crippen molar-refractivity contribution >= 4 is 16.8 Å². The summed E-state index contributed by atoms with van der Waals surface area (Å²) in [4.78, 5) is 20.7. The Morgan fingerprint density at radius 2 is 1.47 bits per heavy atom. The second-order valence-corrected chi connectivity index (χ2v) is 6.68. The van der Waals surface area contributed by atoms with Gasteiger partial charge in [0, 0.05) is 23.6 Å². The number of hydrogen-bond acceptors (Lipinski definition) is 5. The van der Waals surface area contributed by atoms with Gasteiger partial charge in [-0.25, -0.2) is 9.97 Å². The topological polar surface area (TPSA) is 73.3 Å². The molecule has 0 unspecified atom stereocenters. The van der Waals surface area contributed by atoms with Gasteiger partial charge in [-0.05, 0) is 47.5 Å². The van der Waals surface area contributed by atoms with Crippen molar-refractivity contribution in [3.63, 3.8) is 0 Å². The molecule has 6 heteroatoms. The molecule has 1 aromatic heterocycles. The first-order chi connectivity index (χ1) is 14.6. The number of ether oxygens (including phenoxy) is 2. The summed E-state index contributed by atoms with van der Waals surface area (Å²) in [6.07, 6.45) is 1.56. The number of aromatic nitrogens is 2. The van der Waals surface area contributed by atoms with Gasteiger partial charge in [-0.3, -0.25) is 4.79 Å². The number of nitrogens with zero attached hydrogens (tertiary/aromatic N) is 2. The molecule has 1 heterocycles. The largest absolute Gasteiger partial charge is 0.493 e. The molecule has 4 rings (SSSR count). The Morgan fingerprint density at radius 3 is 2.17 bits per heavy atom. The molecule has 0 spiro atoms. The molecule has 4 aromatic rings. The van der Waals surface area contributed by atoms with Crippen LogP contribution in [0.5, 0.6) is 11.5 Å². The summed E-state index contributed by atoms with van der Waals surface area (Å²) < 4.78 is 10.8. The van der Waals surface area contributed by atoms with E-state index in [1.807, 2.05) is 42.5 Å². The van der Waals surface area contributed by atoms with Crippen molar-refractivity contribution < 1.29 is 14.3 Å². The molecule has 150 valence electrons. The molecule has 0 bridgehead atoms. The molecule has 0 saturated heterocycles. The lowest BCUT2D eigenvalue weighted by Crippen LogP contribution is -2.17. The van der Waals surface area contributed by atoms with Crippen LogP contribution in [0.4, 0.5) is 0 Å². The Balaban J connectivity index is 1.81. The lowest BCUT2D eigenvalue weighted by Gasteiger charge is -2.11. The Bertz CT molecular complexity index is 1220. The third-order valence-electron chi connectivity index (χ3n) is 5.00. The third kappa shape index (κ3) is 3.55. The van der Waals surface area contributed by atoms with Crippen LogP contribution in [0.2, 0.25) is 0 Å². The summed E-state index contributed by atoms with van der Waals surface area (Å²) in [5, 5.41) is 3.56. The van der Waals surface area contributed by atoms with Gasteiger partial charge in [-0.1, -0.05) is 24.3 Å². The molecule has 0 radical (unpaired) electrons. The summed E-state index contributed by atoms with van der Waals surface area (Å²) in [5.41, 5.74) is 5.19. The van der Waals surface area contributed by atoms with Crippen molar-refractivity contribution in [2.45, 2.75) is 0 Å². The Morgan fingerprint density at radius 1 is 0.800 bits per heavy atom. The molecular weight excluding hydrogens is 378 g/mol. The molecule has 0 aliphatic rings. The van der Waals surface area contributed by atoms with E-state index in [4.69, 9.17) is 9.47 Å². The molecule has 0 atom stereocenters. The van der Waals surface area contributed by atoms with E-state index < -0.39 is 0 Å². The normalized spacial score (nSPS) is 10.6. The van der Waals surface area contributed by atoms with Crippen molar-refractivity contribution in [3.8, 4) is 33.9 Å². The number of nitrogens with one attached hydrogen (secondary N) is 1. The van der Waals surface area contributed by atoms with E-state index in [1.165, 1.54) is 0 Å². The zero-order valence-electron chi connectivity index (χ0n) is 17.0. The van der Waals surface area contributed by atoms with Crippen molar-refractivity contribution in [2.24, 2.45) is 0 Å². The first kappa shape index (κ1) is 19.4. The highest BCUT2D eigenvalue weighted by Crippen LogP contribution is 2.34. The molecule has 6 nitrogen and oxygen atoms in total. The van der Waals surface area contributed by atoms with Crippen molar-refractivity contribution in [1.29, 1.82) is 0 Å². The second-order valence-electron chi connectivity index (χ2n) is 6.68. The smallest absolute Gasteiger partial charge is 0.251 e. The van der Waals surface area contributed by atoms with Gasteiger partial charge < -0.3 is 14.8 Å². The Kier molecular flexibility index (Phi) is 5.30. The zero-order chi connectivity index (χ0) is 21.1. The SMILES string of the molecule is CNC(=O)c1ccc(-c2ncnc3ccc(-c4ccc(OC)c(OC)c4)cc23)cc1. The number of fused-ring (bicyclic) bond motifs is 1. The van der Waals surface area contributed by atoms with E-state index in [0.717, 1.165) is 33.3 Å². The van der Waals surface area contributed by atoms with Gasteiger partial charge in [0.05, 0.1) is 25.4 Å². The lowest BCUT2D eigenvalue weighted by atomic mass is 9.99. The molecule has 0 aliphatic carbocycles. The van der Waals surface area contributed by atoms with Gasteiger partial charge in [-0.2, -0.15) is 0 Å². The van der Waals surface area contributed by atoms with Gasteiger partial charge in [0.25, 0.3) is 5.91 Å². The maximum Gasteiger partial charge on any atom is 0.251 e. The van der Waals surface area contributed by atoms with Crippen LogP contribution in [0.15, 0.2) is 67.0 Å². The molecule has 0 saturated carbocycles. The predicted molar refractivity (Wildman–Crippen MR) is 117 cm³/mol. The minimum Gasteiger partial charge on any atom is -0.493 e. The molecule has 1 N–H and O–H groups in total. The highest BCUT2D eigenvalue weighted by atomic mass is 16.5. The number of rotatable bonds is 5. The Hall–Kier alpha value is -3.93. The molecular formula is C24H21N3O3. The first-order valence-corrected chi connectivity index (χ1v) is 9.44. The van der Waals surface area contributed by atoms with Crippen LogP contribution in [0, 0.1) is 0 Å². The fourth-order valence-corrected chi connectivity index (χ4v) is 3.41. The minimum atomic E-state index is -0.121. The fourth-order valence-electron chi connectivity index (χ4n) is 3.41. The monoisotopic (exact) mass is 399 g/mol. The van der Waals surface area contributed by atoms with E-state index in [-0.39, 0.29) is 5.91 Å². The van der Waals surface area contributed by atoms with Crippen molar-refractivity contribution in [2.75, 3.05) is 21.3 Å². The first-order valence-electron chi connectivity index (χ1n) is 9.44. The molecule has 30 heavy (non-hydrogen) atoms. The van der Waals surface area contributed by atoms with Gasteiger partial charge in [-0.15, -0.1) is 0 Å². The van der Waals surface area contributed by atoms with Crippen LogP contribution in [0.25, 0.3) is 33.3 Å². The molecule has 3 aromatic carbocycles. The van der Waals surface area contributed by atoms with E-state index in [1.54, 1.807) is 39.7 Å². The number of hydrogen-bond donors (Lipinski definition) is 1. The quantitative estimate of drug-likeness (QED) is 0.540. The fraction of sp³-hybridized carbons (Fsp3) is 0.125. The molecule has 0 aliphatic heterocycles. The third-order valence-corrected chi connectivity index (χ3v) is 5.00.